The largest absolute Gasteiger partial charge is 0.491 e. The minimum Gasteiger partial charge on any atom is -0.491 e. The maximum atomic E-state index is 12.5. The van der Waals surface area contributed by atoms with E-state index in [9.17, 15) is 13.2 Å². The Balaban J connectivity index is 1.66. The first-order valence-corrected chi connectivity index (χ1v) is 7.39. The molecule has 122 valence electrons. The molecule has 0 radical (unpaired) electrons. The Morgan fingerprint density at radius 3 is 2.52 bits per heavy atom. The van der Waals surface area contributed by atoms with Gasteiger partial charge >= 0.3 is 6.18 Å². The second-order valence-electron chi connectivity index (χ2n) is 5.39. The van der Waals surface area contributed by atoms with E-state index in [1.54, 1.807) is 0 Å². The number of nitrogens with zero attached hydrogens (tertiary/aromatic N) is 3. The van der Waals surface area contributed by atoms with Gasteiger partial charge in [0, 0.05) is 6.54 Å². The van der Waals surface area contributed by atoms with E-state index < -0.39 is 11.9 Å². The van der Waals surface area contributed by atoms with Crippen LogP contribution in [0.3, 0.4) is 0 Å². The quantitative estimate of drug-likeness (QED) is 0.862. The molecule has 2 aromatic rings. The van der Waals surface area contributed by atoms with Crippen LogP contribution in [0.2, 0.25) is 0 Å². The molecule has 1 aliphatic heterocycles. The van der Waals surface area contributed by atoms with Gasteiger partial charge in [-0.05, 0) is 37.1 Å². The number of benzene rings is 1. The van der Waals surface area contributed by atoms with Gasteiger partial charge in [0.05, 0.1) is 6.04 Å². The Kier molecular flexibility index (Phi) is 4.36. The van der Waals surface area contributed by atoms with Gasteiger partial charge in [0.25, 0.3) is 0 Å². The maximum Gasteiger partial charge on any atom is 0.435 e. The highest BCUT2D eigenvalue weighted by Gasteiger charge is 2.34. The van der Waals surface area contributed by atoms with E-state index in [1.165, 1.54) is 6.07 Å². The summed E-state index contributed by atoms with van der Waals surface area (Å²) in [7, 11) is 0. The molecular formula is C16H16F3N3O. The molecule has 0 spiro atoms. The third-order valence-electron chi connectivity index (χ3n) is 3.80. The Morgan fingerprint density at radius 2 is 1.87 bits per heavy atom. The van der Waals surface area contributed by atoms with E-state index >= 15 is 0 Å². The molecule has 23 heavy (non-hydrogen) atoms. The van der Waals surface area contributed by atoms with Crippen molar-refractivity contribution in [2.75, 3.05) is 18.1 Å². The third kappa shape index (κ3) is 3.72. The number of rotatable bonds is 4. The molecule has 0 amide bonds. The highest BCUT2D eigenvalue weighted by Crippen LogP contribution is 2.29. The molecule has 1 aliphatic rings. The lowest BCUT2D eigenvalue weighted by Gasteiger charge is -2.25. The minimum atomic E-state index is -4.47. The van der Waals surface area contributed by atoms with Gasteiger partial charge in [0.15, 0.2) is 11.5 Å². The van der Waals surface area contributed by atoms with Crippen molar-refractivity contribution in [1.29, 1.82) is 0 Å². The second-order valence-corrected chi connectivity index (χ2v) is 5.39. The van der Waals surface area contributed by atoms with Crippen molar-refractivity contribution in [1.82, 2.24) is 10.2 Å². The van der Waals surface area contributed by atoms with Crippen molar-refractivity contribution in [3.05, 3.63) is 48.2 Å². The predicted octanol–water partition coefficient (Wildman–Crippen LogP) is 3.54. The minimum absolute atomic E-state index is 0.0845. The fraction of sp³-hybridized carbons (Fsp3) is 0.375. The molecule has 0 aliphatic carbocycles. The highest BCUT2D eigenvalue weighted by molar-refractivity contribution is 5.40. The van der Waals surface area contributed by atoms with Gasteiger partial charge in [-0.15, -0.1) is 10.2 Å². The molecule has 3 rings (SSSR count). The van der Waals surface area contributed by atoms with E-state index in [4.69, 9.17) is 4.74 Å². The molecule has 1 aromatic carbocycles. The summed E-state index contributed by atoms with van der Waals surface area (Å²) in [4.78, 5) is 1.95. The van der Waals surface area contributed by atoms with Crippen LogP contribution in [0.4, 0.5) is 19.0 Å². The Morgan fingerprint density at radius 1 is 1.09 bits per heavy atom. The summed E-state index contributed by atoms with van der Waals surface area (Å²) in [6.07, 6.45) is -2.60. The Labute approximate surface area is 131 Å². The number of halogens is 3. The number of alkyl halides is 3. The van der Waals surface area contributed by atoms with Crippen LogP contribution in [0, 0.1) is 0 Å². The van der Waals surface area contributed by atoms with Crippen LogP contribution in [0.25, 0.3) is 0 Å². The molecule has 1 fully saturated rings. The first-order chi connectivity index (χ1) is 11.0. The van der Waals surface area contributed by atoms with Gasteiger partial charge in [-0.25, -0.2) is 0 Å². The van der Waals surface area contributed by atoms with Crippen molar-refractivity contribution < 1.29 is 17.9 Å². The van der Waals surface area contributed by atoms with Crippen LogP contribution in [-0.4, -0.2) is 29.4 Å². The van der Waals surface area contributed by atoms with Crippen LogP contribution in [-0.2, 0) is 6.18 Å². The molecule has 2 heterocycles. The molecule has 0 unspecified atom stereocenters. The fourth-order valence-electron chi connectivity index (χ4n) is 2.65. The van der Waals surface area contributed by atoms with E-state index in [0.717, 1.165) is 31.2 Å². The standard InChI is InChI=1S/C16H16F3N3O/c17-16(18,19)14-8-9-15(21-20-14)22-10-4-5-12(22)11-23-13-6-2-1-3-7-13/h1-3,6-9,12H,4-5,10-11H2/t12-/m1/s1. The van der Waals surface area contributed by atoms with Crippen molar-refractivity contribution in [3.8, 4) is 5.75 Å². The lowest BCUT2D eigenvalue weighted by molar-refractivity contribution is -0.141. The van der Waals surface area contributed by atoms with E-state index in [-0.39, 0.29) is 6.04 Å². The predicted molar refractivity (Wildman–Crippen MR) is 79.3 cm³/mol. The molecule has 1 atom stereocenters. The number of anilines is 1. The molecule has 1 saturated heterocycles. The van der Waals surface area contributed by atoms with Crippen molar-refractivity contribution in [3.63, 3.8) is 0 Å². The van der Waals surface area contributed by atoms with Crippen LogP contribution < -0.4 is 9.64 Å². The number of para-hydroxylation sites is 1. The molecule has 1 aromatic heterocycles. The van der Waals surface area contributed by atoms with Crippen molar-refractivity contribution >= 4 is 5.82 Å². The van der Waals surface area contributed by atoms with Crippen molar-refractivity contribution in [2.24, 2.45) is 0 Å². The van der Waals surface area contributed by atoms with Gasteiger partial charge < -0.3 is 9.64 Å². The van der Waals surface area contributed by atoms with Gasteiger partial charge in [-0.1, -0.05) is 18.2 Å². The molecule has 7 heteroatoms. The average molecular weight is 323 g/mol. The van der Waals surface area contributed by atoms with Gasteiger partial charge in [-0.3, -0.25) is 0 Å². The summed E-state index contributed by atoms with van der Waals surface area (Å²) < 4.78 is 43.4. The monoisotopic (exact) mass is 323 g/mol. The summed E-state index contributed by atoms with van der Waals surface area (Å²) in [5.74, 6) is 1.23. The van der Waals surface area contributed by atoms with E-state index in [2.05, 4.69) is 10.2 Å². The number of ether oxygens (including phenoxy) is 1. The van der Waals surface area contributed by atoms with E-state index in [1.807, 2.05) is 35.2 Å². The van der Waals surface area contributed by atoms with Crippen molar-refractivity contribution in [2.45, 2.75) is 25.1 Å². The Bertz CT molecular complexity index is 631. The molecule has 0 bridgehead atoms. The molecule has 0 N–H and O–H groups in total. The fourth-order valence-corrected chi connectivity index (χ4v) is 2.65. The number of hydrogen-bond acceptors (Lipinski definition) is 4. The topological polar surface area (TPSA) is 38.2 Å². The summed E-state index contributed by atoms with van der Waals surface area (Å²) >= 11 is 0. The number of aromatic nitrogens is 2. The summed E-state index contributed by atoms with van der Waals surface area (Å²) in [5.41, 5.74) is -0.975. The SMILES string of the molecule is FC(F)(F)c1ccc(N2CCC[C@@H]2COc2ccccc2)nn1. The molecule has 4 nitrogen and oxygen atoms in total. The lowest BCUT2D eigenvalue weighted by Crippen LogP contribution is -2.35. The highest BCUT2D eigenvalue weighted by atomic mass is 19.4. The zero-order valence-corrected chi connectivity index (χ0v) is 12.3. The van der Waals surface area contributed by atoms with Crippen LogP contribution in [0.15, 0.2) is 42.5 Å². The Hall–Kier alpha value is -2.31. The van der Waals surface area contributed by atoms with Gasteiger partial charge in [0.1, 0.15) is 12.4 Å². The number of hydrogen-bond donors (Lipinski definition) is 0. The zero-order chi connectivity index (χ0) is 16.3. The summed E-state index contributed by atoms with van der Waals surface area (Å²) in [6.45, 7) is 1.20. The zero-order valence-electron chi connectivity index (χ0n) is 12.3. The average Bonchev–Trinajstić information content (AvgIpc) is 3.02. The first-order valence-electron chi connectivity index (χ1n) is 7.39. The second kappa shape index (κ2) is 6.44. The van der Waals surface area contributed by atoms with Crippen LogP contribution >= 0.6 is 0 Å². The maximum absolute atomic E-state index is 12.5. The molecule has 0 saturated carbocycles. The smallest absolute Gasteiger partial charge is 0.435 e. The lowest BCUT2D eigenvalue weighted by atomic mass is 10.2. The normalized spacial score (nSPS) is 18.2. The third-order valence-corrected chi connectivity index (χ3v) is 3.80. The first kappa shape index (κ1) is 15.6. The van der Waals surface area contributed by atoms with Gasteiger partial charge in [0.2, 0.25) is 0 Å². The van der Waals surface area contributed by atoms with Crippen LogP contribution in [0.1, 0.15) is 18.5 Å². The van der Waals surface area contributed by atoms with E-state index in [0.29, 0.717) is 12.4 Å². The van der Waals surface area contributed by atoms with Gasteiger partial charge in [-0.2, -0.15) is 13.2 Å². The summed E-state index contributed by atoms with van der Waals surface area (Å²) in [6, 6.07) is 11.9. The van der Waals surface area contributed by atoms with Crippen LogP contribution in [0.5, 0.6) is 5.75 Å². The molecular weight excluding hydrogens is 307 g/mol. The summed E-state index contributed by atoms with van der Waals surface area (Å²) in [5, 5.41) is 7.02.